The molecule has 104 valence electrons. The largest absolute Gasteiger partial charge is 0.325 e. The highest BCUT2D eigenvalue weighted by atomic mass is 79.9. The fourth-order valence-electron chi connectivity index (χ4n) is 2.19. The van der Waals surface area contributed by atoms with E-state index >= 15 is 0 Å². The molecular formula is C13H20BrN5. The lowest BCUT2D eigenvalue weighted by atomic mass is 10.3. The first-order chi connectivity index (χ1) is 9.08. The molecule has 2 aromatic rings. The quantitative estimate of drug-likeness (QED) is 0.914. The molecule has 0 fully saturated rings. The van der Waals surface area contributed by atoms with E-state index in [1.165, 1.54) is 11.4 Å². The molecule has 0 aliphatic rings. The molecule has 0 aliphatic heterocycles. The average Bonchev–Trinajstić information content (AvgIpc) is 2.86. The van der Waals surface area contributed by atoms with Crippen LogP contribution in [0.3, 0.4) is 0 Å². The molecule has 0 bridgehead atoms. The summed E-state index contributed by atoms with van der Waals surface area (Å²) >= 11 is 3.66. The van der Waals surface area contributed by atoms with Crippen molar-refractivity contribution in [1.82, 2.24) is 24.6 Å². The van der Waals surface area contributed by atoms with Crippen LogP contribution in [0, 0.1) is 6.92 Å². The van der Waals surface area contributed by atoms with E-state index in [4.69, 9.17) is 0 Å². The van der Waals surface area contributed by atoms with E-state index in [1.54, 1.807) is 0 Å². The van der Waals surface area contributed by atoms with Crippen molar-refractivity contribution in [3.05, 3.63) is 33.6 Å². The summed E-state index contributed by atoms with van der Waals surface area (Å²) in [5.74, 6) is 1.02. The van der Waals surface area contributed by atoms with Crippen LogP contribution in [0.15, 0.2) is 10.7 Å². The van der Waals surface area contributed by atoms with Crippen LogP contribution < -0.4 is 5.32 Å². The number of aryl methyl sites for hydroxylation is 3. The van der Waals surface area contributed by atoms with Crippen LogP contribution in [-0.2, 0) is 26.6 Å². The van der Waals surface area contributed by atoms with E-state index in [0.717, 1.165) is 35.5 Å². The zero-order valence-electron chi connectivity index (χ0n) is 11.9. The molecule has 0 radical (unpaired) electrons. The monoisotopic (exact) mass is 325 g/mol. The van der Waals surface area contributed by atoms with Crippen molar-refractivity contribution in [3.8, 4) is 0 Å². The summed E-state index contributed by atoms with van der Waals surface area (Å²) in [6, 6.07) is 0. The van der Waals surface area contributed by atoms with Crippen LogP contribution in [0.4, 0.5) is 0 Å². The fourth-order valence-corrected chi connectivity index (χ4v) is 2.94. The second-order valence-corrected chi connectivity index (χ2v) is 5.39. The fraction of sp³-hybridized carbons (Fsp3) is 0.538. The van der Waals surface area contributed by atoms with E-state index < -0.39 is 0 Å². The highest BCUT2D eigenvalue weighted by molar-refractivity contribution is 9.10. The molecule has 19 heavy (non-hydrogen) atoms. The normalized spacial score (nSPS) is 11.2. The number of nitrogens with one attached hydrogen (secondary N) is 1. The Labute approximate surface area is 122 Å². The van der Waals surface area contributed by atoms with Gasteiger partial charge in [0, 0.05) is 19.8 Å². The maximum atomic E-state index is 4.53. The molecular weight excluding hydrogens is 306 g/mol. The van der Waals surface area contributed by atoms with Crippen molar-refractivity contribution in [2.24, 2.45) is 7.05 Å². The number of imidazole rings is 1. The highest BCUT2D eigenvalue weighted by Gasteiger charge is 2.15. The van der Waals surface area contributed by atoms with Gasteiger partial charge < -0.3 is 9.88 Å². The SMILES string of the molecule is CCc1nn(C)c(Cn2c(CNC)cnc2C)c1Br. The van der Waals surface area contributed by atoms with Gasteiger partial charge in [0.15, 0.2) is 0 Å². The second-order valence-electron chi connectivity index (χ2n) is 4.60. The van der Waals surface area contributed by atoms with Gasteiger partial charge in [-0.1, -0.05) is 6.92 Å². The topological polar surface area (TPSA) is 47.7 Å². The summed E-state index contributed by atoms with van der Waals surface area (Å²) in [5.41, 5.74) is 3.46. The van der Waals surface area contributed by atoms with Gasteiger partial charge in [0.2, 0.25) is 0 Å². The van der Waals surface area contributed by atoms with E-state index in [9.17, 15) is 0 Å². The Kier molecular flexibility index (Phi) is 4.42. The van der Waals surface area contributed by atoms with Gasteiger partial charge in [-0.25, -0.2) is 4.98 Å². The van der Waals surface area contributed by atoms with E-state index in [-0.39, 0.29) is 0 Å². The van der Waals surface area contributed by atoms with Crippen molar-refractivity contribution in [2.45, 2.75) is 33.4 Å². The van der Waals surface area contributed by atoms with Crippen LogP contribution in [0.25, 0.3) is 0 Å². The molecule has 6 heteroatoms. The van der Waals surface area contributed by atoms with Crippen LogP contribution in [0.1, 0.15) is 29.8 Å². The molecule has 0 amide bonds. The Hall–Kier alpha value is -1.14. The number of halogens is 1. The van der Waals surface area contributed by atoms with Gasteiger partial charge in [-0.15, -0.1) is 0 Å². The number of hydrogen-bond donors (Lipinski definition) is 1. The van der Waals surface area contributed by atoms with Gasteiger partial charge in [-0.2, -0.15) is 5.10 Å². The van der Waals surface area contributed by atoms with Gasteiger partial charge in [0.05, 0.1) is 28.1 Å². The Bertz CT molecular complexity index is 570. The minimum absolute atomic E-state index is 0.785. The van der Waals surface area contributed by atoms with E-state index in [2.05, 4.69) is 42.8 Å². The van der Waals surface area contributed by atoms with Gasteiger partial charge in [-0.05, 0) is 36.3 Å². The Balaban J connectivity index is 2.36. The van der Waals surface area contributed by atoms with E-state index in [0.29, 0.717) is 0 Å². The third-order valence-corrected chi connectivity index (χ3v) is 4.22. The molecule has 2 aromatic heterocycles. The molecule has 2 heterocycles. The van der Waals surface area contributed by atoms with Gasteiger partial charge in [0.25, 0.3) is 0 Å². The molecule has 5 nitrogen and oxygen atoms in total. The summed E-state index contributed by atoms with van der Waals surface area (Å²) < 4.78 is 5.28. The number of hydrogen-bond acceptors (Lipinski definition) is 3. The van der Waals surface area contributed by atoms with Gasteiger partial charge in [-0.3, -0.25) is 4.68 Å². The maximum absolute atomic E-state index is 4.53. The number of rotatable bonds is 5. The Morgan fingerprint density at radius 3 is 2.74 bits per heavy atom. The standard InChI is InChI=1S/C13H20BrN5/c1-5-11-13(14)12(18(4)17-11)8-19-9(2)16-7-10(19)6-15-3/h7,15H,5-6,8H2,1-4H3. The lowest BCUT2D eigenvalue weighted by Gasteiger charge is -2.11. The summed E-state index contributed by atoms with van der Waals surface area (Å²) in [5, 5.41) is 7.71. The molecule has 1 N–H and O–H groups in total. The first-order valence-corrected chi connectivity index (χ1v) is 7.23. The van der Waals surface area contributed by atoms with Crippen LogP contribution >= 0.6 is 15.9 Å². The smallest absolute Gasteiger partial charge is 0.106 e. The zero-order chi connectivity index (χ0) is 14.0. The molecule has 0 unspecified atom stereocenters. The molecule has 0 atom stereocenters. The van der Waals surface area contributed by atoms with Crippen molar-refractivity contribution in [1.29, 1.82) is 0 Å². The molecule has 0 aromatic carbocycles. The molecule has 0 saturated carbocycles. The maximum Gasteiger partial charge on any atom is 0.106 e. The number of aromatic nitrogens is 4. The van der Waals surface area contributed by atoms with Crippen LogP contribution in [-0.4, -0.2) is 26.4 Å². The Morgan fingerprint density at radius 2 is 2.16 bits per heavy atom. The predicted molar refractivity (Wildman–Crippen MR) is 79.1 cm³/mol. The lowest BCUT2D eigenvalue weighted by Crippen LogP contribution is -2.14. The van der Waals surface area contributed by atoms with E-state index in [1.807, 2.05) is 31.9 Å². The van der Waals surface area contributed by atoms with Crippen molar-refractivity contribution in [2.75, 3.05) is 7.05 Å². The predicted octanol–water partition coefficient (Wildman–Crippen LogP) is 2.02. The first-order valence-electron chi connectivity index (χ1n) is 6.44. The minimum atomic E-state index is 0.785. The second kappa shape index (κ2) is 5.88. The summed E-state index contributed by atoms with van der Waals surface area (Å²) in [6.45, 7) is 5.75. The first kappa shape index (κ1) is 14.3. The number of nitrogens with zero attached hydrogens (tertiary/aromatic N) is 4. The van der Waals surface area contributed by atoms with Crippen molar-refractivity contribution < 1.29 is 0 Å². The molecule has 0 saturated heterocycles. The minimum Gasteiger partial charge on any atom is -0.325 e. The third kappa shape index (κ3) is 2.74. The van der Waals surface area contributed by atoms with Crippen molar-refractivity contribution >= 4 is 15.9 Å². The average molecular weight is 326 g/mol. The highest BCUT2D eigenvalue weighted by Crippen LogP contribution is 2.23. The molecule has 2 rings (SSSR count). The summed E-state index contributed by atoms with van der Waals surface area (Å²) in [4.78, 5) is 4.40. The molecule has 0 spiro atoms. The molecule has 0 aliphatic carbocycles. The van der Waals surface area contributed by atoms with Crippen LogP contribution in [0.5, 0.6) is 0 Å². The Morgan fingerprint density at radius 1 is 1.42 bits per heavy atom. The summed E-state index contributed by atoms with van der Waals surface area (Å²) in [7, 11) is 3.94. The van der Waals surface area contributed by atoms with Gasteiger partial charge >= 0.3 is 0 Å². The zero-order valence-corrected chi connectivity index (χ0v) is 13.5. The van der Waals surface area contributed by atoms with Crippen molar-refractivity contribution in [3.63, 3.8) is 0 Å². The van der Waals surface area contributed by atoms with Gasteiger partial charge in [0.1, 0.15) is 5.82 Å². The van der Waals surface area contributed by atoms with Crippen LogP contribution in [0.2, 0.25) is 0 Å². The third-order valence-electron chi connectivity index (χ3n) is 3.31. The summed E-state index contributed by atoms with van der Waals surface area (Å²) in [6.07, 6.45) is 2.86. The lowest BCUT2D eigenvalue weighted by molar-refractivity contribution is 0.621.